The summed E-state index contributed by atoms with van der Waals surface area (Å²) in [6.07, 6.45) is 0.326. The Hall–Kier alpha value is -2.17. The third kappa shape index (κ3) is 1.21. The fourth-order valence-corrected chi connectivity index (χ4v) is 1.87. The Morgan fingerprint density at radius 2 is 2.06 bits per heavy atom. The van der Waals surface area contributed by atoms with Crippen LogP contribution in [0.5, 0.6) is 0 Å². The van der Waals surface area contributed by atoms with E-state index in [0.717, 1.165) is 0 Å². The molecule has 0 atom stereocenters. The summed E-state index contributed by atoms with van der Waals surface area (Å²) in [5, 5.41) is 3.19. The van der Waals surface area contributed by atoms with Gasteiger partial charge in [0.15, 0.2) is 0 Å². The fraction of sp³-hybridized carbons (Fsp3) is 0.182. The highest BCUT2D eigenvalue weighted by molar-refractivity contribution is 5.91. The summed E-state index contributed by atoms with van der Waals surface area (Å²) in [5.74, 6) is 0.252. The molecule has 16 heavy (non-hydrogen) atoms. The lowest BCUT2D eigenvalue weighted by molar-refractivity contribution is -0.116. The molecule has 0 aliphatic carbocycles. The second kappa shape index (κ2) is 3.16. The summed E-state index contributed by atoms with van der Waals surface area (Å²) >= 11 is 0. The van der Waals surface area contributed by atoms with Crippen molar-refractivity contribution >= 4 is 22.8 Å². The van der Waals surface area contributed by atoms with Crippen LogP contribution < -0.4 is 10.9 Å². The van der Waals surface area contributed by atoms with Crippen LogP contribution in [0.15, 0.2) is 29.1 Å². The number of carbonyl (C=O) groups is 1. The lowest BCUT2D eigenvalue weighted by Gasteiger charge is -2.17. The van der Waals surface area contributed by atoms with Crippen molar-refractivity contribution in [1.82, 2.24) is 9.55 Å². The van der Waals surface area contributed by atoms with E-state index in [9.17, 15) is 9.59 Å². The smallest absolute Gasteiger partial charge is 0.262 e. The highest BCUT2D eigenvalue weighted by atomic mass is 16.2. The number of fused-ring (bicyclic) bond motifs is 2. The van der Waals surface area contributed by atoms with Crippen molar-refractivity contribution in [1.29, 1.82) is 0 Å². The number of para-hydroxylation sites is 1. The maximum atomic E-state index is 12.1. The summed E-state index contributed by atoms with van der Waals surface area (Å²) < 4.78 is 1.50. The van der Waals surface area contributed by atoms with Gasteiger partial charge in [0.25, 0.3) is 5.56 Å². The van der Waals surface area contributed by atoms with Gasteiger partial charge in [0.1, 0.15) is 0 Å². The van der Waals surface area contributed by atoms with Gasteiger partial charge in [0.2, 0.25) is 11.9 Å². The third-order valence-corrected chi connectivity index (χ3v) is 2.68. The monoisotopic (exact) mass is 215 g/mol. The van der Waals surface area contributed by atoms with Crippen LogP contribution in [0.25, 0.3) is 10.9 Å². The van der Waals surface area contributed by atoms with Gasteiger partial charge in [-0.1, -0.05) is 12.1 Å². The van der Waals surface area contributed by atoms with E-state index >= 15 is 0 Å². The number of nitrogens with one attached hydrogen (secondary N) is 1. The Bertz CT molecular complexity index is 645. The van der Waals surface area contributed by atoms with E-state index in [1.807, 2.05) is 6.07 Å². The molecule has 1 aromatic heterocycles. The van der Waals surface area contributed by atoms with Crippen molar-refractivity contribution in [2.45, 2.75) is 13.0 Å². The quantitative estimate of drug-likeness (QED) is 0.704. The van der Waals surface area contributed by atoms with E-state index in [1.54, 1.807) is 18.2 Å². The lowest BCUT2D eigenvalue weighted by Crippen LogP contribution is -2.33. The SMILES string of the molecule is O=C1CCn2c(nc3ccccc3c2=O)N1. The van der Waals surface area contributed by atoms with Gasteiger partial charge >= 0.3 is 0 Å². The molecule has 2 heterocycles. The number of rotatable bonds is 0. The van der Waals surface area contributed by atoms with Gasteiger partial charge in [0.05, 0.1) is 10.9 Å². The second-order valence-electron chi connectivity index (χ2n) is 3.71. The molecule has 1 N–H and O–H groups in total. The summed E-state index contributed by atoms with van der Waals surface area (Å²) in [6.45, 7) is 0.401. The van der Waals surface area contributed by atoms with Crippen LogP contribution in [0, 0.1) is 0 Å². The molecular formula is C11H9N3O2. The molecule has 0 fully saturated rings. The average molecular weight is 215 g/mol. The van der Waals surface area contributed by atoms with Crippen LogP contribution in [-0.4, -0.2) is 15.5 Å². The molecule has 1 aliphatic rings. The molecule has 5 heteroatoms. The van der Waals surface area contributed by atoms with Crippen molar-refractivity contribution in [2.24, 2.45) is 0 Å². The molecule has 1 amide bonds. The molecule has 0 radical (unpaired) electrons. The molecule has 1 aliphatic heterocycles. The minimum Gasteiger partial charge on any atom is -0.296 e. The maximum absolute atomic E-state index is 12.1. The minimum atomic E-state index is -0.0967. The Balaban J connectivity index is 2.37. The van der Waals surface area contributed by atoms with Crippen LogP contribution in [0.1, 0.15) is 6.42 Å². The highest BCUT2D eigenvalue weighted by Gasteiger charge is 2.18. The second-order valence-corrected chi connectivity index (χ2v) is 3.71. The van der Waals surface area contributed by atoms with E-state index in [0.29, 0.717) is 29.8 Å². The standard InChI is InChI=1S/C11H9N3O2/c15-9-5-6-14-10(16)7-3-1-2-4-8(7)12-11(14)13-9/h1-4H,5-6H2,(H,12,13,15). The third-order valence-electron chi connectivity index (χ3n) is 2.68. The Morgan fingerprint density at radius 1 is 1.25 bits per heavy atom. The number of aromatic nitrogens is 2. The van der Waals surface area contributed by atoms with Crippen molar-refractivity contribution in [2.75, 3.05) is 5.32 Å². The van der Waals surface area contributed by atoms with Crippen molar-refractivity contribution in [3.05, 3.63) is 34.6 Å². The van der Waals surface area contributed by atoms with Gasteiger partial charge in [-0.15, -0.1) is 0 Å². The van der Waals surface area contributed by atoms with Crippen LogP contribution >= 0.6 is 0 Å². The number of carbonyl (C=O) groups excluding carboxylic acids is 1. The summed E-state index contributed by atoms with van der Waals surface area (Å²) in [6, 6.07) is 7.13. The molecule has 5 nitrogen and oxygen atoms in total. The molecule has 1 aromatic carbocycles. The molecule has 3 rings (SSSR count). The Kier molecular flexibility index (Phi) is 1.80. The van der Waals surface area contributed by atoms with Crippen molar-refractivity contribution in [3.63, 3.8) is 0 Å². The summed E-state index contributed by atoms with van der Waals surface area (Å²) in [5.41, 5.74) is 0.515. The Labute approximate surface area is 90.7 Å². The largest absolute Gasteiger partial charge is 0.296 e. The van der Waals surface area contributed by atoms with E-state index in [2.05, 4.69) is 10.3 Å². The number of benzene rings is 1. The van der Waals surface area contributed by atoms with Gasteiger partial charge in [0, 0.05) is 13.0 Å². The van der Waals surface area contributed by atoms with Crippen LogP contribution in [0.2, 0.25) is 0 Å². The number of amides is 1. The molecule has 0 saturated heterocycles. The number of nitrogens with zero attached hydrogens (tertiary/aromatic N) is 2. The number of hydrogen-bond acceptors (Lipinski definition) is 3. The lowest BCUT2D eigenvalue weighted by atomic mass is 10.2. The predicted molar refractivity (Wildman–Crippen MR) is 59.2 cm³/mol. The number of anilines is 1. The highest BCUT2D eigenvalue weighted by Crippen LogP contribution is 2.14. The van der Waals surface area contributed by atoms with Gasteiger partial charge in [-0.25, -0.2) is 4.98 Å². The van der Waals surface area contributed by atoms with Crippen molar-refractivity contribution in [3.8, 4) is 0 Å². The molecule has 0 spiro atoms. The fourth-order valence-electron chi connectivity index (χ4n) is 1.87. The molecular weight excluding hydrogens is 206 g/mol. The summed E-state index contributed by atoms with van der Waals surface area (Å²) in [7, 11) is 0. The van der Waals surface area contributed by atoms with Gasteiger partial charge in [-0.2, -0.15) is 0 Å². The zero-order chi connectivity index (χ0) is 11.1. The zero-order valence-electron chi connectivity index (χ0n) is 8.43. The predicted octanol–water partition coefficient (Wildman–Crippen LogP) is 0.739. The molecule has 0 saturated carbocycles. The first-order valence-corrected chi connectivity index (χ1v) is 5.05. The molecule has 0 bridgehead atoms. The first-order valence-electron chi connectivity index (χ1n) is 5.05. The molecule has 0 unspecified atom stereocenters. The van der Waals surface area contributed by atoms with E-state index in [1.165, 1.54) is 4.57 Å². The molecule has 80 valence electrons. The van der Waals surface area contributed by atoms with Crippen LogP contribution in [0.3, 0.4) is 0 Å². The average Bonchev–Trinajstić information content (AvgIpc) is 2.29. The summed E-state index contributed by atoms with van der Waals surface area (Å²) in [4.78, 5) is 27.5. The van der Waals surface area contributed by atoms with Gasteiger partial charge in [-0.05, 0) is 12.1 Å². The van der Waals surface area contributed by atoms with Gasteiger partial charge < -0.3 is 0 Å². The Morgan fingerprint density at radius 3 is 2.94 bits per heavy atom. The van der Waals surface area contributed by atoms with Crippen molar-refractivity contribution < 1.29 is 4.79 Å². The molecule has 2 aromatic rings. The maximum Gasteiger partial charge on any atom is 0.262 e. The topological polar surface area (TPSA) is 64.0 Å². The first kappa shape index (κ1) is 9.08. The number of hydrogen-bond donors (Lipinski definition) is 1. The van der Waals surface area contributed by atoms with E-state index < -0.39 is 0 Å². The van der Waals surface area contributed by atoms with Crippen LogP contribution in [-0.2, 0) is 11.3 Å². The van der Waals surface area contributed by atoms with Gasteiger partial charge in [-0.3, -0.25) is 19.5 Å². The van der Waals surface area contributed by atoms with E-state index in [4.69, 9.17) is 0 Å². The van der Waals surface area contributed by atoms with E-state index in [-0.39, 0.29) is 11.5 Å². The van der Waals surface area contributed by atoms with Crippen LogP contribution in [0.4, 0.5) is 5.95 Å². The zero-order valence-corrected chi connectivity index (χ0v) is 8.43. The normalized spacial score (nSPS) is 14.6. The minimum absolute atomic E-state index is 0.0952. The first-order chi connectivity index (χ1) is 7.75.